The van der Waals surface area contributed by atoms with Crippen molar-refractivity contribution < 1.29 is 0 Å². The molecule has 1 fully saturated rings. The van der Waals surface area contributed by atoms with Crippen molar-refractivity contribution in [3.8, 4) is 0 Å². The number of nitrogens with zero attached hydrogens (tertiary/aromatic N) is 2. The van der Waals surface area contributed by atoms with Crippen LogP contribution in [-0.2, 0) is 6.54 Å². The molecule has 1 aromatic carbocycles. The molecule has 2 aromatic rings. The highest BCUT2D eigenvalue weighted by Crippen LogP contribution is 2.14. The molecule has 0 amide bonds. The van der Waals surface area contributed by atoms with Crippen molar-refractivity contribution in [3.05, 3.63) is 39.9 Å². The number of aromatic nitrogens is 2. The van der Waals surface area contributed by atoms with E-state index >= 15 is 0 Å². The number of benzene rings is 1. The van der Waals surface area contributed by atoms with Crippen LogP contribution in [0.25, 0.3) is 10.9 Å². The Balaban J connectivity index is 1.93. The van der Waals surface area contributed by atoms with Gasteiger partial charge in [0, 0.05) is 17.6 Å². The van der Waals surface area contributed by atoms with E-state index in [9.17, 15) is 4.79 Å². The molecule has 1 saturated heterocycles. The van der Waals surface area contributed by atoms with E-state index < -0.39 is 0 Å². The zero-order chi connectivity index (χ0) is 13.2. The zero-order valence-electron chi connectivity index (χ0n) is 10.6. The molecule has 1 aromatic heterocycles. The maximum Gasteiger partial charge on any atom is 0.261 e. The van der Waals surface area contributed by atoms with E-state index in [1.54, 1.807) is 29.1 Å². The second-order valence-corrected chi connectivity index (χ2v) is 5.45. The van der Waals surface area contributed by atoms with Gasteiger partial charge in [-0.2, -0.15) is 0 Å². The SMILES string of the molecule is O=c1c2ccc(Cl)cc2ncn1CC1CCCCN1. The normalized spacial score (nSPS) is 19.7. The Morgan fingerprint density at radius 2 is 2.32 bits per heavy atom. The van der Waals surface area contributed by atoms with Gasteiger partial charge < -0.3 is 5.32 Å². The fourth-order valence-corrected chi connectivity index (χ4v) is 2.75. The molecule has 0 aliphatic carbocycles. The molecule has 5 heteroatoms. The molecule has 3 rings (SSSR count). The molecule has 1 aliphatic rings. The molecule has 1 N–H and O–H groups in total. The van der Waals surface area contributed by atoms with Crippen molar-refractivity contribution in [2.24, 2.45) is 0 Å². The third kappa shape index (κ3) is 2.65. The highest BCUT2D eigenvalue weighted by Gasteiger charge is 2.14. The van der Waals surface area contributed by atoms with Gasteiger partial charge in [-0.15, -0.1) is 0 Å². The minimum Gasteiger partial charge on any atom is -0.312 e. The van der Waals surface area contributed by atoms with Gasteiger partial charge in [0.2, 0.25) is 0 Å². The van der Waals surface area contributed by atoms with E-state index in [0.717, 1.165) is 13.0 Å². The van der Waals surface area contributed by atoms with Crippen LogP contribution in [0.4, 0.5) is 0 Å². The van der Waals surface area contributed by atoms with Crippen LogP contribution in [0.3, 0.4) is 0 Å². The minimum atomic E-state index is 0.00837. The van der Waals surface area contributed by atoms with Gasteiger partial charge in [-0.3, -0.25) is 9.36 Å². The lowest BCUT2D eigenvalue weighted by Gasteiger charge is -2.23. The largest absolute Gasteiger partial charge is 0.312 e. The highest BCUT2D eigenvalue weighted by atomic mass is 35.5. The summed E-state index contributed by atoms with van der Waals surface area (Å²) >= 11 is 5.91. The average molecular weight is 278 g/mol. The van der Waals surface area contributed by atoms with E-state index in [-0.39, 0.29) is 5.56 Å². The first-order valence-corrected chi connectivity index (χ1v) is 7.00. The molecule has 0 bridgehead atoms. The number of rotatable bonds is 2. The van der Waals surface area contributed by atoms with Crippen LogP contribution in [0.2, 0.25) is 5.02 Å². The molecular weight excluding hydrogens is 262 g/mol. The number of hydrogen-bond donors (Lipinski definition) is 1. The topological polar surface area (TPSA) is 46.9 Å². The predicted molar refractivity (Wildman–Crippen MR) is 76.7 cm³/mol. The first kappa shape index (κ1) is 12.6. The lowest BCUT2D eigenvalue weighted by Crippen LogP contribution is -2.39. The van der Waals surface area contributed by atoms with Crippen molar-refractivity contribution in [1.82, 2.24) is 14.9 Å². The second-order valence-electron chi connectivity index (χ2n) is 5.01. The van der Waals surface area contributed by atoms with Gasteiger partial charge in [0.25, 0.3) is 5.56 Å². The lowest BCUT2D eigenvalue weighted by atomic mass is 10.1. The van der Waals surface area contributed by atoms with Crippen LogP contribution < -0.4 is 10.9 Å². The standard InChI is InChI=1S/C14H16ClN3O/c15-10-4-5-12-13(7-10)17-9-18(14(12)19)8-11-3-1-2-6-16-11/h4-5,7,9,11,16H,1-3,6,8H2. The van der Waals surface area contributed by atoms with E-state index in [2.05, 4.69) is 10.3 Å². The third-order valence-electron chi connectivity index (χ3n) is 3.62. The monoisotopic (exact) mass is 277 g/mol. The number of nitrogens with one attached hydrogen (secondary N) is 1. The maximum absolute atomic E-state index is 12.4. The Labute approximate surface area is 116 Å². The number of halogens is 1. The van der Waals surface area contributed by atoms with Gasteiger partial charge in [-0.05, 0) is 37.6 Å². The molecule has 1 atom stereocenters. The summed E-state index contributed by atoms with van der Waals surface area (Å²) in [5.41, 5.74) is 0.666. The molecule has 0 saturated carbocycles. The lowest BCUT2D eigenvalue weighted by molar-refractivity contribution is 0.359. The second kappa shape index (κ2) is 5.31. The van der Waals surface area contributed by atoms with Crippen LogP contribution in [0.1, 0.15) is 19.3 Å². The summed E-state index contributed by atoms with van der Waals surface area (Å²) in [4.78, 5) is 16.7. The van der Waals surface area contributed by atoms with Crippen LogP contribution in [0, 0.1) is 0 Å². The van der Waals surface area contributed by atoms with Crippen LogP contribution in [0.15, 0.2) is 29.3 Å². The van der Waals surface area contributed by atoms with E-state index in [4.69, 9.17) is 11.6 Å². The molecule has 2 heterocycles. The third-order valence-corrected chi connectivity index (χ3v) is 3.85. The zero-order valence-corrected chi connectivity index (χ0v) is 11.4. The average Bonchev–Trinajstić information content (AvgIpc) is 2.43. The molecule has 1 unspecified atom stereocenters. The van der Waals surface area contributed by atoms with Crippen LogP contribution in [0.5, 0.6) is 0 Å². The van der Waals surface area contributed by atoms with Gasteiger partial charge in [-0.1, -0.05) is 18.0 Å². The number of piperidine rings is 1. The minimum absolute atomic E-state index is 0.00837. The highest BCUT2D eigenvalue weighted by molar-refractivity contribution is 6.31. The Morgan fingerprint density at radius 3 is 3.11 bits per heavy atom. The summed E-state index contributed by atoms with van der Waals surface area (Å²) in [6.45, 7) is 1.72. The summed E-state index contributed by atoms with van der Waals surface area (Å²) in [5, 5.41) is 4.67. The molecule has 4 nitrogen and oxygen atoms in total. The van der Waals surface area contributed by atoms with Crippen molar-refractivity contribution in [3.63, 3.8) is 0 Å². The van der Waals surface area contributed by atoms with Crippen molar-refractivity contribution >= 4 is 22.5 Å². The van der Waals surface area contributed by atoms with Crippen molar-refractivity contribution in [2.45, 2.75) is 31.8 Å². The molecule has 1 aliphatic heterocycles. The Bertz CT molecular complexity index is 647. The summed E-state index contributed by atoms with van der Waals surface area (Å²) in [7, 11) is 0. The maximum atomic E-state index is 12.4. The van der Waals surface area contributed by atoms with Crippen molar-refractivity contribution in [2.75, 3.05) is 6.54 Å². The van der Waals surface area contributed by atoms with Gasteiger partial charge in [0.1, 0.15) is 0 Å². The van der Waals surface area contributed by atoms with E-state index in [0.29, 0.717) is 28.5 Å². The van der Waals surface area contributed by atoms with Crippen LogP contribution >= 0.6 is 11.6 Å². The Morgan fingerprint density at radius 1 is 1.42 bits per heavy atom. The summed E-state index contributed by atoms with van der Waals surface area (Å²) < 4.78 is 1.69. The number of hydrogen-bond acceptors (Lipinski definition) is 3. The fourth-order valence-electron chi connectivity index (χ4n) is 2.58. The van der Waals surface area contributed by atoms with Gasteiger partial charge in [0.05, 0.1) is 17.2 Å². The quantitative estimate of drug-likeness (QED) is 0.915. The summed E-state index contributed by atoms with van der Waals surface area (Å²) in [6.07, 6.45) is 5.19. The molecule has 0 spiro atoms. The Hall–Kier alpha value is -1.39. The van der Waals surface area contributed by atoms with Crippen molar-refractivity contribution in [1.29, 1.82) is 0 Å². The molecule has 100 valence electrons. The van der Waals surface area contributed by atoms with Gasteiger partial charge >= 0.3 is 0 Å². The molecular formula is C14H16ClN3O. The first-order valence-electron chi connectivity index (χ1n) is 6.62. The van der Waals surface area contributed by atoms with Crippen LogP contribution in [-0.4, -0.2) is 22.1 Å². The Kier molecular flexibility index (Phi) is 3.53. The smallest absolute Gasteiger partial charge is 0.261 e. The summed E-state index contributed by atoms with van der Waals surface area (Å²) in [6, 6.07) is 5.58. The first-order chi connectivity index (χ1) is 9.24. The summed E-state index contributed by atoms with van der Waals surface area (Å²) in [5.74, 6) is 0. The van der Waals surface area contributed by atoms with Gasteiger partial charge in [0.15, 0.2) is 0 Å². The van der Waals surface area contributed by atoms with Gasteiger partial charge in [-0.25, -0.2) is 4.98 Å². The molecule has 19 heavy (non-hydrogen) atoms. The number of fused-ring (bicyclic) bond motifs is 1. The predicted octanol–water partition coefficient (Wildman–Crippen LogP) is 2.19. The van der Waals surface area contributed by atoms with E-state index in [1.165, 1.54) is 12.8 Å². The fraction of sp³-hybridized carbons (Fsp3) is 0.429. The van der Waals surface area contributed by atoms with E-state index in [1.807, 2.05) is 0 Å². The molecule has 0 radical (unpaired) electrons.